The lowest BCUT2D eigenvalue weighted by molar-refractivity contribution is -0.144. The van der Waals surface area contributed by atoms with Gasteiger partial charge in [-0.05, 0) is 31.6 Å². The molecule has 1 atom stereocenters. The van der Waals surface area contributed by atoms with Crippen molar-refractivity contribution in [1.82, 2.24) is 10.2 Å². The Morgan fingerprint density at radius 3 is 2.35 bits per heavy atom. The smallest absolute Gasteiger partial charge is 0.329 e. The topological polar surface area (TPSA) is 69.6 Å². The van der Waals surface area contributed by atoms with E-state index in [2.05, 4.69) is 5.32 Å². The van der Waals surface area contributed by atoms with Gasteiger partial charge in [0.05, 0.1) is 0 Å². The monoisotopic (exact) mass is 242 g/mol. The van der Waals surface area contributed by atoms with Crippen LogP contribution in [0.4, 0.5) is 4.79 Å². The van der Waals surface area contributed by atoms with E-state index in [-0.39, 0.29) is 11.9 Å². The Kier molecular flexibility index (Phi) is 4.01. The van der Waals surface area contributed by atoms with Crippen LogP contribution < -0.4 is 5.32 Å². The minimum Gasteiger partial charge on any atom is -0.480 e. The number of carboxylic acid groups (broad SMARTS) is 1. The summed E-state index contributed by atoms with van der Waals surface area (Å²) in [5.41, 5.74) is -1.12. The Balaban J connectivity index is 2.61. The average molecular weight is 242 g/mol. The van der Waals surface area contributed by atoms with Crippen LogP contribution in [0.25, 0.3) is 0 Å². The Bertz CT molecular complexity index is 313. The summed E-state index contributed by atoms with van der Waals surface area (Å²) in [5.74, 6) is -0.523. The van der Waals surface area contributed by atoms with Crippen LogP contribution in [0.1, 0.15) is 33.6 Å². The van der Waals surface area contributed by atoms with E-state index in [1.54, 1.807) is 14.0 Å². The lowest BCUT2D eigenvalue weighted by Crippen LogP contribution is -2.57. The molecule has 0 aromatic rings. The van der Waals surface area contributed by atoms with Gasteiger partial charge in [0, 0.05) is 13.6 Å². The van der Waals surface area contributed by atoms with Gasteiger partial charge < -0.3 is 15.3 Å². The van der Waals surface area contributed by atoms with Crippen molar-refractivity contribution >= 4 is 12.0 Å². The number of carbonyl (C=O) groups excluding carboxylic acids is 1. The highest BCUT2D eigenvalue weighted by molar-refractivity contribution is 5.86. The highest BCUT2D eigenvalue weighted by Gasteiger charge is 2.48. The summed E-state index contributed by atoms with van der Waals surface area (Å²) in [4.78, 5) is 24.7. The van der Waals surface area contributed by atoms with Crippen molar-refractivity contribution in [3.63, 3.8) is 0 Å². The van der Waals surface area contributed by atoms with Crippen molar-refractivity contribution in [3.8, 4) is 0 Å². The zero-order chi connectivity index (χ0) is 13.2. The predicted octanol–water partition coefficient (Wildman–Crippen LogP) is 1.54. The average Bonchev–Trinajstić information content (AvgIpc) is 2.98. The van der Waals surface area contributed by atoms with Crippen molar-refractivity contribution < 1.29 is 14.7 Å². The van der Waals surface area contributed by atoms with Gasteiger partial charge >= 0.3 is 12.0 Å². The third-order valence-corrected chi connectivity index (χ3v) is 3.19. The molecule has 1 rings (SSSR count). The first-order valence-corrected chi connectivity index (χ1v) is 6.04. The molecule has 2 amide bonds. The van der Waals surface area contributed by atoms with E-state index in [4.69, 9.17) is 0 Å². The molecule has 98 valence electrons. The Morgan fingerprint density at radius 2 is 2.00 bits per heavy atom. The fourth-order valence-corrected chi connectivity index (χ4v) is 1.94. The van der Waals surface area contributed by atoms with Crippen molar-refractivity contribution in [2.24, 2.45) is 11.8 Å². The summed E-state index contributed by atoms with van der Waals surface area (Å²) in [5, 5.41) is 11.9. The molecule has 0 radical (unpaired) electrons. The number of nitrogens with one attached hydrogen (secondary N) is 1. The Hall–Kier alpha value is -1.26. The van der Waals surface area contributed by atoms with Crippen molar-refractivity contribution in [3.05, 3.63) is 0 Å². The van der Waals surface area contributed by atoms with E-state index in [1.165, 1.54) is 4.90 Å². The fraction of sp³-hybridized carbons (Fsp3) is 0.833. The number of aliphatic carboxylic acids is 1. The molecule has 5 heteroatoms. The van der Waals surface area contributed by atoms with Gasteiger partial charge in [-0.2, -0.15) is 0 Å². The van der Waals surface area contributed by atoms with Crippen LogP contribution in [0, 0.1) is 11.8 Å². The molecule has 0 spiro atoms. The fourth-order valence-electron chi connectivity index (χ4n) is 1.94. The van der Waals surface area contributed by atoms with Crippen LogP contribution in [-0.2, 0) is 4.79 Å². The normalized spacial score (nSPS) is 18.6. The molecule has 0 aromatic carbocycles. The first-order valence-electron chi connectivity index (χ1n) is 6.04. The molecular weight excluding hydrogens is 220 g/mol. The maximum absolute atomic E-state index is 11.9. The first-order chi connectivity index (χ1) is 7.77. The molecule has 1 fully saturated rings. The third-order valence-electron chi connectivity index (χ3n) is 3.19. The van der Waals surface area contributed by atoms with Gasteiger partial charge in [0.2, 0.25) is 0 Å². The van der Waals surface area contributed by atoms with Crippen molar-refractivity contribution in [2.45, 2.75) is 39.2 Å². The van der Waals surface area contributed by atoms with E-state index in [0.717, 1.165) is 12.8 Å². The van der Waals surface area contributed by atoms with E-state index in [9.17, 15) is 14.7 Å². The van der Waals surface area contributed by atoms with E-state index < -0.39 is 11.5 Å². The maximum Gasteiger partial charge on any atom is 0.329 e. The number of carbonyl (C=O) groups is 2. The predicted molar refractivity (Wildman–Crippen MR) is 64.8 cm³/mol. The van der Waals surface area contributed by atoms with Gasteiger partial charge in [-0.25, -0.2) is 9.59 Å². The molecule has 1 aliphatic rings. The molecule has 1 saturated carbocycles. The number of rotatable bonds is 5. The minimum absolute atomic E-state index is 0.0661. The molecule has 2 N–H and O–H groups in total. The van der Waals surface area contributed by atoms with Gasteiger partial charge in [-0.1, -0.05) is 13.8 Å². The van der Waals surface area contributed by atoms with Gasteiger partial charge in [-0.15, -0.1) is 0 Å². The summed E-state index contributed by atoms with van der Waals surface area (Å²) in [6, 6.07) is -0.310. The molecule has 1 aliphatic carbocycles. The van der Waals surface area contributed by atoms with Gasteiger partial charge in [0.15, 0.2) is 0 Å². The van der Waals surface area contributed by atoms with Crippen LogP contribution in [0.2, 0.25) is 0 Å². The highest BCUT2D eigenvalue weighted by Crippen LogP contribution is 2.39. The molecule has 0 saturated heterocycles. The van der Waals surface area contributed by atoms with E-state index >= 15 is 0 Å². The van der Waals surface area contributed by atoms with Crippen LogP contribution in [0.3, 0.4) is 0 Å². The number of hydrogen-bond acceptors (Lipinski definition) is 2. The van der Waals surface area contributed by atoms with Crippen LogP contribution in [-0.4, -0.2) is 41.1 Å². The second kappa shape index (κ2) is 4.94. The quantitative estimate of drug-likeness (QED) is 0.768. The molecule has 17 heavy (non-hydrogen) atoms. The second-order valence-electron chi connectivity index (χ2n) is 5.49. The van der Waals surface area contributed by atoms with Gasteiger partial charge in [0.1, 0.15) is 5.54 Å². The molecule has 5 nitrogen and oxygen atoms in total. The Labute approximate surface area is 102 Å². The van der Waals surface area contributed by atoms with Gasteiger partial charge in [0.25, 0.3) is 0 Å². The number of nitrogens with zero attached hydrogens (tertiary/aromatic N) is 1. The Morgan fingerprint density at radius 1 is 1.47 bits per heavy atom. The minimum atomic E-state index is -1.12. The molecule has 0 aromatic heterocycles. The lowest BCUT2D eigenvalue weighted by Gasteiger charge is -2.29. The summed E-state index contributed by atoms with van der Waals surface area (Å²) >= 11 is 0. The third kappa shape index (κ3) is 3.35. The zero-order valence-electron chi connectivity index (χ0n) is 11.0. The standard InChI is InChI=1S/C12H22N2O3/c1-8(2)7-14(4)11(17)13-12(3,10(15)16)9-5-6-9/h8-9H,5-7H2,1-4H3,(H,13,17)(H,15,16). The SMILES string of the molecule is CC(C)CN(C)C(=O)NC(C)(C(=O)O)C1CC1. The summed E-state index contributed by atoms with van der Waals surface area (Å²) in [6.45, 7) is 6.24. The van der Waals surface area contributed by atoms with Crippen LogP contribution >= 0.6 is 0 Å². The van der Waals surface area contributed by atoms with Crippen LogP contribution in [0.5, 0.6) is 0 Å². The molecular formula is C12H22N2O3. The maximum atomic E-state index is 11.9. The largest absolute Gasteiger partial charge is 0.480 e. The first kappa shape index (κ1) is 13.8. The summed E-state index contributed by atoms with van der Waals surface area (Å²) < 4.78 is 0. The molecule has 1 unspecified atom stereocenters. The zero-order valence-corrected chi connectivity index (χ0v) is 11.0. The summed E-state index contributed by atoms with van der Waals surface area (Å²) in [7, 11) is 1.69. The number of carboxylic acids is 1. The highest BCUT2D eigenvalue weighted by atomic mass is 16.4. The lowest BCUT2D eigenvalue weighted by atomic mass is 9.96. The van der Waals surface area contributed by atoms with Crippen LogP contribution in [0.15, 0.2) is 0 Å². The molecule has 0 bridgehead atoms. The number of urea groups is 1. The van der Waals surface area contributed by atoms with Gasteiger partial charge in [-0.3, -0.25) is 0 Å². The van der Waals surface area contributed by atoms with E-state index in [1.807, 2.05) is 13.8 Å². The second-order valence-corrected chi connectivity index (χ2v) is 5.49. The van der Waals surface area contributed by atoms with Crippen molar-refractivity contribution in [1.29, 1.82) is 0 Å². The van der Waals surface area contributed by atoms with E-state index in [0.29, 0.717) is 12.5 Å². The van der Waals surface area contributed by atoms with Crippen molar-refractivity contribution in [2.75, 3.05) is 13.6 Å². The number of hydrogen-bond donors (Lipinski definition) is 2. The molecule has 0 heterocycles. The number of amides is 2. The molecule has 0 aliphatic heterocycles. The summed E-state index contributed by atoms with van der Waals surface area (Å²) in [6.07, 6.45) is 1.74.